The fourth-order valence-electron chi connectivity index (χ4n) is 8.93. The fraction of sp³-hybridized carbons (Fsp3) is 0.930. The number of carbonyl (C=O) groups excluding carboxylic acids is 2. The van der Waals surface area contributed by atoms with Crippen LogP contribution in [0.4, 0.5) is 0 Å². The molecule has 63 heavy (non-hydrogen) atoms. The molecular formula is C57H111NO5. The molecule has 0 saturated carbocycles. The van der Waals surface area contributed by atoms with Crippen molar-refractivity contribution in [2.45, 2.75) is 328 Å². The van der Waals surface area contributed by atoms with Gasteiger partial charge in [-0.25, -0.2) is 0 Å². The van der Waals surface area contributed by atoms with Crippen LogP contribution in [0.1, 0.15) is 316 Å². The zero-order chi connectivity index (χ0) is 45.8. The van der Waals surface area contributed by atoms with Gasteiger partial charge in [-0.05, 0) is 51.4 Å². The molecule has 1 amide bonds. The summed E-state index contributed by atoms with van der Waals surface area (Å²) in [4.78, 5) is 24.5. The van der Waals surface area contributed by atoms with Gasteiger partial charge in [-0.15, -0.1) is 0 Å². The molecule has 0 aromatic carbocycles. The molecule has 0 rings (SSSR count). The van der Waals surface area contributed by atoms with Gasteiger partial charge in [0.1, 0.15) is 0 Å². The lowest BCUT2D eigenvalue weighted by Gasteiger charge is -2.22. The number of carbonyl (C=O) groups is 2. The highest BCUT2D eigenvalue weighted by molar-refractivity contribution is 5.76. The quantitative estimate of drug-likeness (QED) is 0.0321. The summed E-state index contributed by atoms with van der Waals surface area (Å²) in [7, 11) is 0. The van der Waals surface area contributed by atoms with Gasteiger partial charge in [0.2, 0.25) is 5.91 Å². The summed E-state index contributed by atoms with van der Waals surface area (Å²) in [6.07, 6.45) is 62.0. The molecule has 2 atom stereocenters. The Labute approximate surface area is 393 Å². The number of rotatable bonds is 53. The van der Waals surface area contributed by atoms with Crippen LogP contribution in [0.2, 0.25) is 0 Å². The standard InChI is InChI=1S/C57H111NO5/c1-3-5-7-9-11-13-15-17-19-21-23-24-26-29-33-37-41-45-49-55(60)54(53-59)58-56(61)50-46-42-38-34-30-28-32-36-40-44-48-52-63-57(62)51-47-43-39-35-31-27-25-22-20-18-16-14-12-10-8-6-4-2/h32,36,54-55,59-60H,3-31,33-35,37-53H2,1-2H3,(H,58,61)/b36-32-. The van der Waals surface area contributed by atoms with E-state index in [2.05, 4.69) is 31.3 Å². The van der Waals surface area contributed by atoms with Gasteiger partial charge in [0.25, 0.3) is 0 Å². The maximum absolute atomic E-state index is 12.5. The molecule has 0 aromatic rings. The third-order valence-electron chi connectivity index (χ3n) is 13.3. The Morgan fingerprint density at radius 1 is 0.429 bits per heavy atom. The second-order valence-electron chi connectivity index (χ2n) is 19.6. The van der Waals surface area contributed by atoms with E-state index in [0.29, 0.717) is 25.9 Å². The fourth-order valence-corrected chi connectivity index (χ4v) is 8.93. The van der Waals surface area contributed by atoms with Gasteiger partial charge in [-0.3, -0.25) is 9.59 Å². The van der Waals surface area contributed by atoms with Crippen molar-refractivity contribution in [1.82, 2.24) is 5.32 Å². The third-order valence-corrected chi connectivity index (χ3v) is 13.3. The molecule has 3 N–H and O–H groups in total. The molecule has 6 nitrogen and oxygen atoms in total. The Morgan fingerprint density at radius 2 is 0.746 bits per heavy atom. The van der Waals surface area contributed by atoms with Crippen molar-refractivity contribution in [1.29, 1.82) is 0 Å². The van der Waals surface area contributed by atoms with Gasteiger partial charge in [0.05, 0.1) is 25.4 Å². The van der Waals surface area contributed by atoms with Gasteiger partial charge >= 0.3 is 5.97 Å². The summed E-state index contributed by atoms with van der Waals surface area (Å²) in [6, 6.07) is -0.562. The zero-order valence-corrected chi connectivity index (χ0v) is 42.6. The molecule has 0 aliphatic rings. The first-order valence-electron chi connectivity index (χ1n) is 28.4. The lowest BCUT2D eigenvalue weighted by Crippen LogP contribution is -2.45. The van der Waals surface area contributed by atoms with E-state index >= 15 is 0 Å². The van der Waals surface area contributed by atoms with Gasteiger partial charge in [-0.1, -0.05) is 264 Å². The summed E-state index contributed by atoms with van der Waals surface area (Å²) in [5.74, 6) is -0.0874. The van der Waals surface area contributed by atoms with E-state index in [1.165, 1.54) is 205 Å². The molecule has 0 saturated heterocycles. The molecule has 0 aliphatic carbocycles. The van der Waals surface area contributed by atoms with Crippen LogP contribution >= 0.6 is 0 Å². The Balaban J connectivity index is 3.48. The van der Waals surface area contributed by atoms with Crippen LogP contribution in [-0.4, -0.2) is 47.4 Å². The zero-order valence-electron chi connectivity index (χ0n) is 42.6. The first kappa shape index (κ1) is 61.6. The van der Waals surface area contributed by atoms with Crippen LogP contribution in [0.5, 0.6) is 0 Å². The first-order valence-corrected chi connectivity index (χ1v) is 28.4. The Kier molecular flexibility index (Phi) is 52.0. The van der Waals surface area contributed by atoms with Crippen LogP contribution in [0.15, 0.2) is 12.2 Å². The molecule has 0 heterocycles. The molecule has 0 fully saturated rings. The number of amides is 1. The van der Waals surface area contributed by atoms with Gasteiger partial charge < -0.3 is 20.3 Å². The number of allylic oxidation sites excluding steroid dienone is 2. The van der Waals surface area contributed by atoms with Crippen LogP contribution in [-0.2, 0) is 14.3 Å². The van der Waals surface area contributed by atoms with E-state index in [1.807, 2.05) is 0 Å². The molecule has 0 aromatic heterocycles. The molecular weight excluding hydrogens is 779 g/mol. The lowest BCUT2D eigenvalue weighted by molar-refractivity contribution is -0.143. The topological polar surface area (TPSA) is 95.9 Å². The van der Waals surface area contributed by atoms with Crippen molar-refractivity contribution in [2.75, 3.05) is 13.2 Å². The molecule has 374 valence electrons. The molecule has 0 aliphatic heterocycles. The van der Waals surface area contributed by atoms with Crippen LogP contribution < -0.4 is 5.32 Å². The maximum atomic E-state index is 12.5. The number of hydrogen-bond acceptors (Lipinski definition) is 5. The highest BCUT2D eigenvalue weighted by Crippen LogP contribution is 2.17. The highest BCUT2D eigenvalue weighted by atomic mass is 16.5. The van der Waals surface area contributed by atoms with E-state index in [-0.39, 0.29) is 18.5 Å². The number of hydrogen-bond donors (Lipinski definition) is 3. The minimum atomic E-state index is -0.682. The summed E-state index contributed by atoms with van der Waals surface area (Å²) in [6.45, 7) is 4.90. The number of nitrogens with one attached hydrogen (secondary N) is 1. The first-order chi connectivity index (χ1) is 31.0. The summed E-state index contributed by atoms with van der Waals surface area (Å²) in [5.41, 5.74) is 0. The molecule has 0 bridgehead atoms. The Bertz CT molecular complexity index is 939. The maximum Gasteiger partial charge on any atom is 0.305 e. The summed E-state index contributed by atoms with van der Waals surface area (Å²) >= 11 is 0. The van der Waals surface area contributed by atoms with Crippen molar-refractivity contribution >= 4 is 11.9 Å². The molecule has 0 radical (unpaired) electrons. The third kappa shape index (κ3) is 49.9. The smallest absolute Gasteiger partial charge is 0.305 e. The minimum absolute atomic E-state index is 0.0264. The average Bonchev–Trinajstić information content (AvgIpc) is 3.28. The molecule has 6 heteroatoms. The van der Waals surface area contributed by atoms with E-state index in [4.69, 9.17) is 4.74 Å². The Hall–Kier alpha value is -1.40. The summed E-state index contributed by atoms with van der Waals surface area (Å²) in [5, 5.41) is 23.3. The predicted molar refractivity (Wildman–Crippen MR) is 273 cm³/mol. The average molecular weight is 891 g/mol. The normalized spacial score (nSPS) is 12.6. The number of unbranched alkanes of at least 4 members (excludes halogenated alkanes) is 40. The number of ether oxygens (including phenoxy) is 1. The van der Waals surface area contributed by atoms with Gasteiger partial charge in [0.15, 0.2) is 0 Å². The monoisotopic (exact) mass is 890 g/mol. The SMILES string of the molecule is CCCCCCCCCCCCCCCCCCCCC(O)C(CO)NC(=O)CCCCCCC/C=C\CCCCOC(=O)CCCCCCCCCCCCCCCCCCC. The van der Waals surface area contributed by atoms with Crippen LogP contribution in [0.3, 0.4) is 0 Å². The van der Waals surface area contributed by atoms with Gasteiger partial charge in [-0.2, -0.15) is 0 Å². The van der Waals surface area contributed by atoms with Crippen LogP contribution in [0.25, 0.3) is 0 Å². The second-order valence-corrected chi connectivity index (χ2v) is 19.6. The van der Waals surface area contributed by atoms with E-state index in [1.54, 1.807) is 0 Å². The lowest BCUT2D eigenvalue weighted by atomic mass is 10.0. The van der Waals surface area contributed by atoms with E-state index in [0.717, 1.165) is 77.0 Å². The van der Waals surface area contributed by atoms with Crippen molar-refractivity contribution in [3.05, 3.63) is 12.2 Å². The number of aliphatic hydroxyl groups excluding tert-OH is 2. The molecule has 0 spiro atoms. The number of aliphatic hydroxyl groups is 2. The van der Waals surface area contributed by atoms with E-state index < -0.39 is 12.1 Å². The van der Waals surface area contributed by atoms with Crippen molar-refractivity contribution in [3.8, 4) is 0 Å². The predicted octanol–water partition coefficient (Wildman–Crippen LogP) is 17.3. The Morgan fingerprint density at radius 3 is 1.13 bits per heavy atom. The van der Waals surface area contributed by atoms with Gasteiger partial charge in [0, 0.05) is 12.8 Å². The van der Waals surface area contributed by atoms with Crippen LogP contribution in [0, 0.1) is 0 Å². The summed E-state index contributed by atoms with van der Waals surface area (Å²) < 4.78 is 5.45. The second kappa shape index (κ2) is 53.2. The largest absolute Gasteiger partial charge is 0.466 e. The minimum Gasteiger partial charge on any atom is -0.466 e. The number of esters is 1. The van der Waals surface area contributed by atoms with Crippen molar-refractivity contribution in [3.63, 3.8) is 0 Å². The van der Waals surface area contributed by atoms with Crippen molar-refractivity contribution in [2.24, 2.45) is 0 Å². The van der Waals surface area contributed by atoms with Crippen molar-refractivity contribution < 1.29 is 24.5 Å². The molecule has 2 unspecified atom stereocenters. The van der Waals surface area contributed by atoms with E-state index in [9.17, 15) is 19.8 Å². The highest BCUT2D eigenvalue weighted by Gasteiger charge is 2.20.